The molecule has 19 heavy (non-hydrogen) atoms. The Morgan fingerprint density at radius 3 is 2.95 bits per heavy atom. The standard InChI is InChI=1S/C12H10N4O2S/c13-7-8-3-1-2-4-9(8)14-12-16-15-10(19-12)5-6-11(17)18/h1-4H,5-6H2,(H,14,16)(H,17,18). The van der Waals surface area contributed by atoms with Gasteiger partial charge >= 0.3 is 5.97 Å². The van der Waals surface area contributed by atoms with Gasteiger partial charge in [-0.25, -0.2) is 0 Å². The number of aryl methyl sites for hydroxylation is 1. The molecule has 0 radical (unpaired) electrons. The van der Waals surface area contributed by atoms with Crippen molar-refractivity contribution in [2.75, 3.05) is 5.32 Å². The third-order valence-electron chi connectivity index (χ3n) is 2.31. The SMILES string of the molecule is N#Cc1ccccc1Nc1nnc(CCC(=O)O)s1. The molecule has 1 aromatic carbocycles. The minimum atomic E-state index is -0.862. The van der Waals surface area contributed by atoms with Gasteiger partial charge in [0, 0.05) is 6.42 Å². The maximum absolute atomic E-state index is 10.5. The van der Waals surface area contributed by atoms with E-state index in [0.29, 0.717) is 27.8 Å². The number of nitrogens with one attached hydrogen (secondary N) is 1. The number of anilines is 2. The number of aromatic nitrogens is 2. The van der Waals surface area contributed by atoms with Gasteiger partial charge in [-0.05, 0) is 12.1 Å². The molecule has 2 rings (SSSR count). The second kappa shape index (κ2) is 5.93. The molecule has 0 spiro atoms. The third kappa shape index (κ3) is 3.50. The number of carboxylic acid groups (broad SMARTS) is 1. The lowest BCUT2D eigenvalue weighted by Crippen LogP contribution is -1.96. The van der Waals surface area contributed by atoms with E-state index in [2.05, 4.69) is 21.6 Å². The molecule has 0 aliphatic rings. The molecule has 1 aromatic heterocycles. The molecule has 0 fully saturated rings. The van der Waals surface area contributed by atoms with Crippen molar-refractivity contribution in [2.24, 2.45) is 0 Å². The van der Waals surface area contributed by atoms with Crippen LogP contribution in [0.25, 0.3) is 0 Å². The maximum atomic E-state index is 10.5. The van der Waals surface area contributed by atoms with E-state index in [9.17, 15) is 4.79 Å². The maximum Gasteiger partial charge on any atom is 0.303 e. The molecule has 0 atom stereocenters. The number of para-hydroxylation sites is 1. The first-order valence-corrected chi connectivity index (χ1v) is 6.31. The van der Waals surface area contributed by atoms with Gasteiger partial charge in [0.2, 0.25) is 5.13 Å². The van der Waals surface area contributed by atoms with Gasteiger partial charge in [-0.1, -0.05) is 23.5 Å². The number of aliphatic carboxylic acids is 1. The molecule has 0 saturated heterocycles. The molecule has 1 heterocycles. The number of hydrogen-bond acceptors (Lipinski definition) is 6. The largest absolute Gasteiger partial charge is 0.481 e. The Bertz CT molecular complexity index is 633. The Morgan fingerprint density at radius 2 is 2.21 bits per heavy atom. The molecule has 0 saturated carbocycles. The highest BCUT2D eigenvalue weighted by molar-refractivity contribution is 7.15. The van der Waals surface area contributed by atoms with Crippen LogP contribution in [0.15, 0.2) is 24.3 Å². The summed E-state index contributed by atoms with van der Waals surface area (Å²) >= 11 is 1.28. The van der Waals surface area contributed by atoms with Crippen LogP contribution in [0.2, 0.25) is 0 Å². The Balaban J connectivity index is 2.08. The molecule has 0 unspecified atom stereocenters. The van der Waals surface area contributed by atoms with E-state index in [1.807, 2.05) is 6.07 Å². The van der Waals surface area contributed by atoms with Crippen LogP contribution in [0.5, 0.6) is 0 Å². The summed E-state index contributed by atoms with van der Waals surface area (Å²) in [6.45, 7) is 0. The lowest BCUT2D eigenvalue weighted by molar-refractivity contribution is -0.136. The lowest BCUT2D eigenvalue weighted by Gasteiger charge is -2.02. The normalized spacial score (nSPS) is 9.84. The van der Waals surface area contributed by atoms with Crippen LogP contribution in [-0.4, -0.2) is 21.3 Å². The monoisotopic (exact) mass is 274 g/mol. The van der Waals surface area contributed by atoms with E-state index < -0.39 is 5.97 Å². The molecule has 6 nitrogen and oxygen atoms in total. The quantitative estimate of drug-likeness (QED) is 0.866. The fraction of sp³-hybridized carbons (Fsp3) is 0.167. The zero-order chi connectivity index (χ0) is 13.7. The Kier molecular flexibility index (Phi) is 4.05. The van der Waals surface area contributed by atoms with Crippen molar-refractivity contribution in [2.45, 2.75) is 12.8 Å². The van der Waals surface area contributed by atoms with Crippen LogP contribution in [0.4, 0.5) is 10.8 Å². The lowest BCUT2D eigenvalue weighted by atomic mass is 10.2. The molecule has 96 valence electrons. The highest BCUT2D eigenvalue weighted by Gasteiger charge is 2.08. The summed E-state index contributed by atoms with van der Waals surface area (Å²) in [4.78, 5) is 10.5. The summed E-state index contributed by atoms with van der Waals surface area (Å²) in [6.07, 6.45) is 0.387. The minimum Gasteiger partial charge on any atom is -0.481 e. The van der Waals surface area contributed by atoms with Crippen molar-refractivity contribution >= 4 is 28.1 Å². The van der Waals surface area contributed by atoms with Crippen LogP contribution in [0.1, 0.15) is 17.0 Å². The van der Waals surface area contributed by atoms with Crippen LogP contribution in [0, 0.1) is 11.3 Å². The van der Waals surface area contributed by atoms with Gasteiger partial charge in [0.15, 0.2) is 0 Å². The number of benzene rings is 1. The number of carbonyl (C=O) groups is 1. The summed E-state index contributed by atoms with van der Waals surface area (Å²) in [7, 11) is 0. The van der Waals surface area contributed by atoms with Gasteiger partial charge in [0.25, 0.3) is 0 Å². The van der Waals surface area contributed by atoms with Crippen molar-refractivity contribution in [3.8, 4) is 6.07 Å². The van der Waals surface area contributed by atoms with E-state index in [-0.39, 0.29) is 6.42 Å². The number of rotatable bonds is 5. The van der Waals surface area contributed by atoms with Crippen LogP contribution < -0.4 is 5.32 Å². The number of carboxylic acids is 1. The van der Waals surface area contributed by atoms with Gasteiger partial charge in [0.1, 0.15) is 11.1 Å². The fourth-order valence-electron chi connectivity index (χ4n) is 1.42. The predicted octanol–water partition coefficient (Wildman–Crippen LogP) is 2.17. The zero-order valence-electron chi connectivity index (χ0n) is 9.83. The van der Waals surface area contributed by atoms with Crippen molar-refractivity contribution in [1.82, 2.24) is 10.2 Å². The molecule has 2 aromatic rings. The Morgan fingerprint density at radius 1 is 1.42 bits per heavy atom. The first kappa shape index (κ1) is 13.0. The molecule has 0 aliphatic heterocycles. The Labute approximate surface area is 113 Å². The average molecular weight is 274 g/mol. The first-order valence-electron chi connectivity index (χ1n) is 5.49. The number of nitrogens with zero attached hydrogens (tertiary/aromatic N) is 3. The summed E-state index contributed by atoms with van der Waals surface area (Å²) < 4.78 is 0. The first-order chi connectivity index (χ1) is 9.19. The molecular weight excluding hydrogens is 264 g/mol. The van der Waals surface area contributed by atoms with Crippen LogP contribution >= 0.6 is 11.3 Å². The summed E-state index contributed by atoms with van der Waals surface area (Å²) in [5.41, 5.74) is 1.18. The average Bonchev–Trinajstić information content (AvgIpc) is 2.85. The zero-order valence-corrected chi connectivity index (χ0v) is 10.6. The highest BCUT2D eigenvalue weighted by atomic mass is 32.1. The number of nitriles is 1. The van der Waals surface area contributed by atoms with Gasteiger partial charge in [-0.3, -0.25) is 4.79 Å². The van der Waals surface area contributed by atoms with E-state index >= 15 is 0 Å². The van der Waals surface area contributed by atoms with E-state index in [1.165, 1.54) is 11.3 Å². The topological polar surface area (TPSA) is 98.9 Å². The van der Waals surface area contributed by atoms with Gasteiger partial charge in [0.05, 0.1) is 17.7 Å². The smallest absolute Gasteiger partial charge is 0.303 e. The van der Waals surface area contributed by atoms with E-state index in [1.54, 1.807) is 18.2 Å². The summed E-state index contributed by atoms with van der Waals surface area (Å²) in [5, 5.41) is 29.6. The van der Waals surface area contributed by atoms with Gasteiger partial charge < -0.3 is 10.4 Å². The third-order valence-corrected chi connectivity index (χ3v) is 3.21. The second-order valence-corrected chi connectivity index (χ2v) is 4.74. The summed E-state index contributed by atoms with van der Waals surface area (Å²) in [5.74, 6) is -0.862. The summed E-state index contributed by atoms with van der Waals surface area (Å²) in [6, 6.07) is 9.15. The second-order valence-electron chi connectivity index (χ2n) is 3.68. The van der Waals surface area contributed by atoms with Gasteiger partial charge in [-0.15, -0.1) is 10.2 Å². The molecule has 2 N–H and O–H groups in total. The highest BCUT2D eigenvalue weighted by Crippen LogP contribution is 2.23. The van der Waals surface area contributed by atoms with Crippen LogP contribution in [-0.2, 0) is 11.2 Å². The van der Waals surface area contributed by atoms with Crippen molar-refractivity contribution in [3.05, 3.63) is 34.8 Å². The predicted molar refractivity (Wildman–Crippen MR) is 70.3 cm³/mol. The van der Waals surface area contributed by atoms with Crippen molar-refractivity contribution < 1.29 is 9.90 Å². The molecule has 0 bridgehead atoms. The van der Waals surface area contributed by atoms with E-state index in [4.69, 9.17) is 10.4 Å². The molecular formula is C12H10N4O2S. The molecule has 7 heteroatoms. The Hall–Kier alpha value is -2.46. The molecule has 0 aliphatic carbocycles. The van der Waals surface area contributed by atoms with Crippen LogP contribution in [0.3, 0.4) is 0 Å². The molecule has 0 amide bonds. The minimum absolute atomic E-state index is 0.0312. The number of hydrogen-bond donors (Lipinski definition) is 2. The van der Waals surface area contributed by atoms with Gasteiger partial charge in [-0.2, -0.15) is 5.26 Å². The van der Waals surface area contributed by atoms with Crippen molar-refractivity contribution in [3.63, 3.8) is 0 Å². The van der Waals surface area contributed by atoms with Crippen molar-refractivity contribution in [1.29, 1.82) is 5.26 Å². The fourth-order valence-corrected chi connectivity index (χ4v) is 2.18. The van der Waals surface area contributed by atoms with E-state index in [0.717, 1.165) is 0 Å².